The monoisotopic (exact) mass is 296 g/mol. The molecule has 0 radical (unpaired) electrons. The molecule has 0 aliphatic rings. The normalized spacial score (nSPS) is 12.2. The molecule has 114 valence electrons. The first-order valence-corrected chi connectivity index (χ1v) is 8.88. The number of rotatable bonds is 9. The maximum atomic E-state index is 4.68. The summed E-state index contributed by atoms with van der Waals surface area (Å²) in [7, 11) is 0. The summed E-state index contributed by atoms with van der Waals surface area (Å²) < 4.78 is 0. The molecule has 5 heteroatoms. The lowest BCUT2D eigenvalue weighted by molar-refractivity contribution is 0.757. The number of aryl methyl sites for hydroxylation is 1. The fourth-order valence-corrected chi connectivity index (χ4v) is 2.57. The Morgan fingerprint density at radius 3 is 2.50 bits per heavy atom. The van der Waals surface area contributed by atoms with E-state index in [1.165, 1.54) is 5.75 Å². The van der Waals surface area contributed by atoms with Crippen molar-refractivity contribution in [3.63, 3.8) is 0 Å². The van der Waals surface area contributed by atoms with Crippen LogP contribution in [0.15, 0.2) is 0 Å². The molecule has 20 heavy (non-hydrogen) atoms. The first kappa shape index (κ1) is 17.1. The van der Waals surface area contributed by atoms with Gasteiger partial charge in [-0.2, -0.15) is 11.8 Å². The van der Waals surface area contributed by atoms with Crippen molar-refractivity contribution in [2.45, 2.75) is 53.0 Å². The number of hydrogen-bond acceptors (Lipinski definition) is 5. The largest absolute Gasteiger partial charge is 0.370 e. The summed E-state index contributed by atoms with van der Waals surface area (Å²) in [5.41, 5.74) is 1.11. The van der Waals surface area contributed by atoms with Crippen molar-refractivity contribution in [3.8, 4) is 0 Å². The highest BCUT2D eigenvalue weighted by Gasteiger charge is 2.12. The van der Waals surface area contributed by atoms with E-state index in [0.29, 0.717) is 6.04 Å². The summed E-state index contributed by atoms with van der Waals surface area (Å²) in [6, 6.07) is 0.431. The molecule has 1 atom stereocenters. The van der Waals surface area contributed by atoms with Crippen LogP contribution in [-0.4, -0.2) is 34.6 Å². The van der Waals surface area contributed by atoms with Crippen molar-refractivity contribution < 1.29 is 0 Å². The second-order valence-corrected chi connectivity index (χ2v) is 6.05. The molecule has 0 saturated carbocycles. The Morgan fingerprint density at radius 1 is 1.20 bits per heavy atom. The van der Waals surface area contributed by atoms with Crippen molar-refractivity contribution in [1.29, 1.82) is 0 Å². The molecule has 2 N–H and O–H groups in total. The van der Waals surface area contributed by atoms with Crippen LogP contribution in [0.3, 0.4) is 0 Å². The van der Waals surface area contributed by atoms with Gasteiger partial charge in [-0.05, 0) is 45.6 Å². The van der Waals surface area contributed by atoms with E-state index < -0.39 is 0 Å². The zero-order valence-corrected chi connectivity index (χ0v) is 14.2. The first-order chi connectivity index (χ1) is 9.62. The van der Waals surface area contributed by atoms with Crippen LogP contribution in [0, 0.1) is 6.92 Å². The molecule has 1 rings (SSSR count). The average molecular weight is 296 g/mol. The zero-order valence-electron chi connectivity index (χ0n) is 13.4. The Morgan fingerprint density at radius 2 is 1.90 bits per heavy atom. The van der Waals surface area contributed by atoms with Crippen LogP contribution >= 0.6 is 11.8 Å². The minimum Gasteiger partial charge on any atom is -0.370 e. The maximum absolute atomic E-state index is 4.68. The molecular weight excluding hydrogens is 268 g/mol. The fourth-order valence-electron chi connectivity index (χ4n) is 1.98. The van der Waals surface area contributed by atoms with Gasteiger partial charge in [0.2, 0.25) is 0 Å². The van der Waals surface area contributed by atoms with Gasteiger partial charge in [0.05, 0.1) is 0 Å². The third-order valence-corrected chi connectivity index (χ3v) is 3.79. The van der Waals surface area contributed by atoms with Gasteiger partial charge in [-0.15, -0.1) is 0 Å². The number of nitrogens with one attached hydrogen (secondary N) is 2. The highest BCUT2D eigenvalue weighted by Crippen LogP contribution is 2.21. The van der Waals surface area contributed by atoms with Crippen molar-refractivity contribution in [2.24, 2.45) is 0 Å². The Hall–Kier alpha value is -0.970. The number of aromatic nitrogens is 2. The number of thioether (sulfide) groups is 1. The summed E-state index contributed by atoms with van der Waals surface area (Å²) in [6.07, 6.45) is 5.28. The van der Waals surface area contributed by atoms with Gasteiger partial charge < -0.3 is 10.6 Å². The molecule has 0 aromatic carbocycles. The van der Waals surface area contributed by atoms with Gasteiger partial charge in [0.25, 0.3) is 0 Å². The van der Waals surface area contributed by atoms with Crippen molar-refractivity contribution in [3.05, 3.63) is 11.4 Å². The lowest BCUT2D eigenvalue weighted by Gasteiger charge is -2.18. The SMILES string of the molecule is CCCc1nc(NCC)c(C)c(NC(C)CCSC)n1. The molecular formula is C15H28N4S. The third-order valence-electron chi connectivity index (χ3n) is 3.15. The quantitative estimate of drug-likeness (QED) is 0.727. The molecule has 1 aromatic heterocycles. The highest BCUT2D eigenvalue weighted by molar-refractivity contribution is 7.98. The van der Waals surface area contributed by atoms with Gasteiger partial charge in [-0.25, -0.2) is 9.97 Å². The van der Waals surface area contributed by atoms with Gasteiger partial charge in [-0.3, -0.25) is 0 Å². The predicted octanol–water partition coefficient (Wildman–Crippen LogP) is 3.72. The highest BCUT2D eigenvalue weighted by atomic mass is 32.2. The smallest absolute Gasteiger partial charge is 0.134 e. The second kappa shape index (κ2) is 9.06. The van der Waals surface area contributed by atoms with E-state index in [1.807, 2.05) is 11.8 Å². The standard InChI is InChI=1S/C15H28N4S/c1-6-8-13-18-14(16-7-2)12(4)15(19-13)17-11(3)9-10-20-5/h11H,6-10H2,1-5H3,(H2,16,17,18,19). The molecule has 1 aromatic rings. The molecule has 0 aliphatic heterocycles. The number of hydrogen-bond donors (Lipinski definition) is 2. The van der Waals surface area contributed by atoms with Crippen LogP contribution in [0.5, 0.6) is 0 Å². The second-order valence-electron chi connectivity index (χ2n) is 5.07. The third kappa shape index (κ3) is 5.19. The number of anilines is 2. The van der Waals surface area contributed by atoms with E-state index in [2.05, 4.69) is 54.6 Å². The summed E-state index contributed by atoms with van der Waals surface area (Å²) in [4.78, 5) is 9.30. The summed E-state index contributed by atoms with van der Waals surface area (Å²) in [5, 5.41) is 6.87. The molecule has 0 fully saturated rings. The van der Waals surface area contributed by atoms with E-state index in [-0.39, 0.29) is 0 Å². The van der Waals surface area contributed by atoms with E-state index in [4.69, 9.17) is 0 Å². The van der Waals surface area contributed by atoms with Crippen LogP contribution < -0.4 is 10.6 Å². The lowest BCUT2D eigenvalue weighted by atomic mass is 10.2. The Bertz CT molecular complexity index is 409. The Kier molecular flexibility index (Phi) is 7.73. The van der Waals surface area contributed by atoms with E-state index in [1.54, 1.807) is 0 Å². The Balaban J connectivity index is 2.91. The zero-order chi connectivity index (χ0) is 15.0. The average Bonchev–Trinajstić information content (AvgIpc) is 2.42. The van der Waals surface area contributed by atoms with Crippen LogP contribution in [0.25, 0.3) is 0 Å². The molecule has 0 bridgehead atoms. The number of nitrogens with zero attached hydrogens (tertiary/aromatic N) is 2. The Labute approximate surface area is 127 Å². The van der Waals surface area contributed by atoms with Crippen LogP contribution in [0.2, 0.25) is 0 Å². The minimum absolute atomic E-state index is 0.431. The maximum Gasteiger partial charge on any atom is 0.134 e. The molecule has 1 unspecified atom stereocenters. The van der Waals surface area contributed by atoms with Crippen LogP contribution in [0.4, 0.5) is 11.6 Å². The van der Waals surface area contributed by atoms with Crippen LogP contribution in [0.1, 0.15) is 45.0 Å². The summed E-state index contributed by atoms with van der Waals surface area (Å²) in [6.45, 7) is 9.42. The fraction of sp³-hybridized carbons (Fsp3) is 0.733. The molecule has 0 spiro atoms. The van der Waals surface area contributed by atoms with Gasteiger partial charge in [0.15, 0.2) is 0 Å². The minimum atomic E-state index is 0.431. The lowest BCUT2D eigenvalue weighted by Crippen LogP contribution is -2.19. The summed E-state index contributed by atoms with van der Waals surface area (Å²) >= 11 is 1.88. The van der Waals surface area contributed by atoms with Gasteiger partial charge in [0, 0.05) is 24.6 Å². The van der Waals surface area contributed by atoms with Crippen molar-refractivity contribution in [2.75, 3.05) is 29.2 Å². The molecule has 1 heterocycles. The van der Waals surface area contributed by atoms with E-state index >= 15 is 0 Å². The van der Waals surface area contributed by atoms with Gasteiger partial charge in [0.1, 0.15) is 17.5 Å². The topological polar surface area (TPSA) is 49.8 Å². The van der Waals surface area contributed by atoms with Crippen LogP contribution in [-0.2, 0) is 6.42 Å². The van der Waals surface area contributed by atoms with Gasteiger partial charge in [-0.1, -0.05) is 6.92 Å². The molecule has 4 nitrogen and oxygen atoms in total. The van der Waals surface area contributed by atoms with Gasteiger partial charge >= 0.3 is 0 Å². The van der Waals surface area contributed by atoms with E-state index in [9.17, 15) is 0 Å². The first-order valence-electron chi connectivity index (χ1n) is 7.49. The van der Waals surface area contributed by atoms with Crippen molar-refractivity contribution >= 4 is 23.4 Å². The predicted molar refractivity (Wildman–Crippen MR) is 91.0 cm³/mol. The van der Waals surface area contributed by atoms with Crippen molar-refractivity contribution in [1.82, 2.24) is 9.97 Å². The van der Waals surface area contributed by atoms with E-state index in [0.717, 1.165) is 48.8 Å². The molecule has 0 amide bonds. The molecule has 0 aliphatic carbocycles. The summed E-state index contributed by atoms with van der Waals surface area (Å²) in [5.74, 6) is 4.03. The molecule has 0 saturated heterocycles.